The molecule has 0 aliphatic heterocycles. The topological polar surface area (TPSA) is 61.3 Å². The zero-order chi connectivity index (χ0) is 10.6. The van der Waals surface area contributed by atoms with E-state index in [2.05, 4.69) is 6.11 Å². The van der Waals surface area contributed by atoms with Gasteiger partial charge in [-0.15, -0.1) is 0 Å². The molecule has 0 fully saturated rings. The van der Waals surface area contributed by atoms with Crippen molar-refractivity contribution in [1.29, 1.82) is 0 Å². The standard InChI is InChI=1S/C11H14N2O/c1-3-14-8(2)9-4-5-10(12)7-11(13)6-9/h1,4-9H,12-13H2,2H3. The molecule has 0 aromatic rings. The van der Waals surface area contributed by atoms with E-state index in [0.29, 0.717) is 11.4 Å². The Hall–Kier alpha value is -1.82. The van der Waals surface area contributed by atoms with E-state index >= 15 is 0 Å². The molecule has 74 valence electrons. The first-order chi connectivity index (χ1) is 6.63. The molecule has 3 nitrogen and oxygen atoms in total. The van der Waals surface area contributed by atoms with E-state index in [-0.39, 0.29) is 12.0 Å². The highest BCUT2D eigenvalue weighted by molar-refractivity contribution is 5.31. The molecule has 3 heteroatoms. The van der Waals surface area contributed by atoms with Gasteiger partial charge in [-0.05, 0) is 19.1 Å². The van der Waals surface area contributed by atoms with Gasteiger partial charge in [-0.25, -0.2) is 0 Å². The molecule has 0 amide bonds. The number of hydrogen-bond donors (Lipinski definition) is 2. The average molecular weight is 190 g/mol. The van der Waals surface area contributed by atoms with Crippen LogP contribution in [0.4, 0.5) is 0 Å². The molecule has 1 rings (SSSR count). The summed E-state index contributed by atoms with van der Waals surface area (Å²) in [6.45, 7) is 1.89. The summed E-state index contributed by atoms with van der Waals surface area (Å²) >= 11 is 0. The Kier molecular flexibility index (Phi) is 3.24. The van der Waals surface area contributed by atoms with E-state index in [1.807, 2.05) is 19.1 Å². The van der Waals surface area contributed by atoms with E-state index in [4.69, 9.17) is 22.6 Å². The highest BCUT2D eigenvalue weighted by atomic mass is 16.5. The van der Waals surface area contributed by atoms with Gasteiger partial charge in [-0.1, -0.05) is 18.6 Å². The van der Waals surface area contributed by atoms with Crippen molar-refractivity contribution in [3.05, 3.63) is 35.7 Å². The van der Waals surface area contributed by atoms with Crippen molar-refractivity contribution in [3.8, 4) is 12.5 Å². The lowest BCUT2D eigenvalue weighted by Gasteiger charge is -2.14. The van der Waals surface area contributed by atoms with Crippen LogP contribution in [0.25, 0.3) is 0 Å². The molecule has 2 unspecified atom stereocenters. The fourth-order valence-electron chi connectivity index (χ4n) is 1.27. The van der Waals surface area contributed by atoms with Crippen molar-refractivity contribution in [1.82, 2.24) is 0 Å². The third-order valence-electron chi connectivity index (χ3n) is 2.03. The molecule has 0 bridgehead atoms. The molecule has 0 aromatic heterocycles. The maximum absolute atomic E-state index is 5.71. The molecular weight excluding hydrogens is 176 g/mol. The van der Waals surface area contributed by atoms with Crippen LogP contribution in [-0.2, 0) is 4.74 Å². The van der Waals surface area contributed by atoms with Gasteiger partial charge < -0.3 is 16.2 Å². The van der Waals surface area contributed by atoms with E-state index in [9.17, 15) is 0 Å². The monoisotopic (exact) mass is 190 g/mol. The fourth-order valence-corrected chi connectivity index (χ4v) is 1.27. The second kappa shape index (κ2) is 4.43. The number of ether oxygens (including phenoxy) is 1. The lowest BCUT2D eigenvalue weighted by Crippen LogP contribution is -2.16. The van der Waals surface area contributed by atoms with Crippen LogP contribution < -0.4 is 11.5 Å². The molecule has 1 aliphatic rings. The Morgan fingerprint density at radius 3 is 2.86 bits per heavy atom. The van der Waals surface area contributed by atoms with Crippen molar-refractivity contribution in [2.75, 3.05) is 0 Å². The molecular formula is C11H14N2O. The molecule has 0 heterocycles. The Morgan fingerprint density at radius 1 is 1.50 bits per heavy atom. The summed E-state index contributed by atoms with van der Waals surface area (Å²) in [6.07, 6.45) is 14.4. The quantitative estimate of drug-likeness (QED) is 0.635. The number of hydrogen-bond acceptors (Lipinski definition) is 3. The van der Waals surface area contributed by atoms with Crippen LogP contribution in [0, 0.1) is 18.4 Å². The lowest BCUT2D eigenvalue weighted by molar-refractivity contribution is 0.160. The molecule has 0 saturated heterocycles. The highest BCUT2D eigenvalue weighted by Gasteiger charge is 2.14. The smallest absolute Gasteiger partial charge is 0.117 e. The van der Waals surface area contributed by atoms with Crippen LogP contribution in [0.15, 0.2) is 35.7 Å². The van der Waals surface area contributed by atoms with Crippen molar-refractivity contribution in [3.63, 3.8) is 0 Å². The maximum atomic E-state index is 5.71. The van der Waals surface area contributed by atoms with Gasteiger partial charge in [0.2, 0.25) is 0 Å². The molecule has 1 aliphatic carbocycles. The van der Waals surface area contributed by atoms with Crippen LogP contribution >= 0.6 is 0 Å². The number of allylic oxidation sites excluding steroid dienone is 2. The second-order valence-corrected chi connectivity index (χ2v) is 3.19. The zero-order valence-corrected chi connectivity index (χ0v) is 8.10. The van der Waals surface area contributed by atoms with Gasteiger partial charge in [0.15, 0.2) is 0 Å². The van der Waals surface area contributed by atoms with Gasteiger partial charge in [-0.3, -0.25) is 0 Å². The first kappa shape index (κ1) is 10.3. The number of terminal acetylenes is 1. The Labute approximate surface area is 84.1 Å². The molecule has 0 spiro atoms. The molecule has 0 saturated carbocycles. The molecule has 0 radical (unpaired) electrons. The molecule has 14 heavy (non-hydrogen) atoms. The largest absolute Gasteiger partial charge is 0.443 e. The van der Waals surface area contributed by atoms with E-state index < -0.39 is 0 Å². The molecule has 4 N–H and O–H groups in total. The normalized spacial score (nSPS) is 22.7. The van der Waals surface area contributed by atoms with E-state index in [1.54, 1.807) is 12.2 Å². The summed E-state index contributed by atoms with van der Waals surface area (Å²) in [4.78, 5) is 0. The van der Waals surface area contributed by atoms with Gasteiger partial charge in [0, 0.05) is 17.3 Å². The van der Waals surface area contributed by atoms with Gasteiger partial charge in [0.25, 0.3) is 0 Å². The first-order valence-electron chi connectivity index (χ1n) is 4.37. The minimum absolute atomic E-state index is 0.0587. The van der Waals surface area contributed by atoms with Crippen molar-refractivity contribution >= 4 is 0 Å². The molecule has 0 aromatic carbocycles. The van der Waals surface area contributed by atoms with Crippen LogP contribution in [0.2, 0.25) is 0 Å². The second-order valence-electron chi connectivity index (χ2n) is 3.19. The summed E-state index contributed by atoms with van der Waals surface area (Å²) < 4.78 is 5.03. The van der Waals surface area contributed by atoms with Gasteiger partial charge in [0.1, 0.15) is 12.2 Å². The summed E-state index contributed by atoms with van der Waals surface area (Å²) in [6, 6.07) is 0. The predicted molar refractivity (Wildman–Crippen MR) is 56.6 cm³/mol. The fraction of sp³-hybridized carbons (Fsp3) is 0.273. The SMILES string of the molecule is C#COC(C)C1C=CC(N)=CC(N)=C1. The van der Waals surface area contributed by atoms with E-state index in [0.717, 1.165) is 0 Å². The van der Waals surface area contributed by atoms with Gasteiger partial charge >= 0.3 is 0 Å². The number of rotatable bonds is 2. The van der Waals surface area contributed by atoms with Crippen molar-refractivity contribution in [2.45, 2.75) is 13.0 Å². The minimum atomic E-state index is -0.103. The zero-order valence-electron chi connectivity index (χ0n) is 8.10. The average Bonchev–Trinajstić information content (AvgIpc) is 2.27. The minimum Gasteiger partial charge on any atom is -0.443 e. The van der Waals surface area contributed by atoms with Crippen LogP contribution in [0.3, 0.4) is 0 Å². The maximum Gasteiger partial charge on any atom is 0.117 e. The van der Waals surface area contributed by atoms with Crippen molar-refractivity contribution in [2.24, 2.45) is 17.4 Å². The first-order valence-corrected chi connectivity index (χ1v) is 4.37. The van der Waals surface area contributed by atoms with Crippen LogP contribution in [0.5, 0.6) is 0 Å². The highest BCUT2D eigenvalue weighted by Crippen LogP contribution is 2.16. The third kappa shape index (κ3) is 2.60. The third-order valence-corrected chi connectivity index (χ3v) is 2.03. The summed E-state index contributed by atoms with van der Waals surface area (Å²) in [5, 5.41) is 0. The Morgan fingerprint density at radius 2 is 2.21 bits per heavy atom. The van der Waals surface area contributed by atoms with Gasteiger partial charge in [-0.2, -0.15) is 0 Å². The van der Waals surface area contributed by atoms with E-state index in [1.165, 1.54) is 0 Å². The Balaban J connectivity index is 2.80. The van der Waals surface area contributed by atoms with Crippen LogP contribution in [0.1, 0.15) is 6.92 Å². The van der Waals surface area contributed by atoms with Crippen molar-refractivity contribution < 1.29 is 4.74 Å². The molecule has 2 atom stereocenters. The number of nitrogens with two attached hydrogens (primary N) is 2. The summed E-state index contributed by atoms with van der Waals surface area (Å²) in [5.74, 6) is 0.0587. The Bertz CT molecular complexity index is 334. The predicted octanol–water partition coefficient (Wildman–Crippen LogP) is 0.853. The summed E-state index contributed by atoms with van der Waals surface area (Å²) in [5.41, 5.74) is 12.6. The lowest BCUT2D eigenvalue weighted by atomic mass is 10.0. The van der Waals surface area contributed by atoms with Crippen LogP contribution in [-0.4, -0.2) is 6.10 Å². The summed E-state index contributed by atoms with van der Waals surface area (Å²) in [7, 11) is 0. The van der Waals surface area contributed by atoms with Gasteiger partial charge in [0.05, 0.1) is 0 Å².